The fourth-order valence-corrected chi connectivity index (χ4v) is 5.17. The lowest BCUT2D eigenvalue weighted by Crippen LogP contribution is -2.48. The summed E-state index contributed by atoms with van der Waals surface area (Å²) in [5.74, 6) is -1.13. The Morgan fingerprint density at radius 1 is 1.03 bits per heavy atom. The fraction of sp³-hybridized carbons (Fsp3) is 0.320. The minimum Gasteiger partial charge on any atom is -0.370 e. The first-order valence-corrected chi connectivity index (χ1v) is 11.7. The van der Waals surface area contributed by atoms with Crippen LogP contribution in [-0.4, -0.2) is 50.4 Å². The molecule has 1 unspecified atom stereocenters. The van der Waals surface area contributed by atoms with Crippen molar-refractivity contribution in [3.63, 3.8) is 0 Å². The van der Waals surface area contributed by atoms with Crippen LogP contribution in [0.3, 0.4) is 0 Å². The van der Waals surface area contributed by atoms with E-state index in [1.807, 2.05) is 18.2 Å². The van der Waals surface area contributed by atoms with Gasteiger partial charge in [-0.2, -0.15) is 0 Å². The number of urea groups is 1. The van der Waals surface area contributed by atoms with E-state index in [-0.39, 0.29) is 30.5 Å². The molecule has 11 heteroatoms. The van der Waals surface area contributed by atoms with Crippen LogP contribution in [0, 0.1) is 0 Å². The number of rotatable bonds is 7. The summed E-state index contributed by atoms with van der Waals surface area (Å²) in [5.41, 5.74) is 7.60. The number of hydrogen-bond donors (Lipinski definition) is 3. The van der Waals surface area contributed by atoms with Crippen LogP contribution in [0.4, 0.5) is 10.5 Å². The van der Waals surface area contributed by atoms with E-state index in [9.17, 15) is 24.0 Å². The lowest BCUT2D eigenvalue weighted by atomic mass is 9.95. The quantitative estimate of drug-likeness (QED) is 0.418. The second kappa shape index (κ2) is 8.67. The van der Waals surface area contributed by atoms with E-state index in [0.717, 1.165) is 11.1 Å². The number of carbonyl (C=O) groups is 4. The highest BCUT2D eigenvalue weighted by atomic mass is 16.2. The highest BCUT2D eigenvalue weighted by molar-refractivity contribution is 6.07. The third-order valence-electron chi connectivity index (χ3n) is 7.08. The van der Waals surface area contributed by atoms with Crippen molar-refractivity contribution in [3.05, 3.63) is 64.1 Å². The zero-order valence-electron chi connectivity index (χ0n) is 19.7. The second-order valence-electron chi connectivity index (χ2n) is 9.31. The van der Waals surface area contributed by atoms with Gasteiger partial charge in [0, 0.05) is 38.5 Å². The number of fused-ring (bicyclic) bond motifs is 2. The molecule has 5 rings (SSSR count). The molecule has 4 N–H and O–H groups in total. The molecule has 1 saturated heterocycles. The summed E-state index contributed by atoms with van der Waals surface area (Å²) in [6, 6.07) is 12.2. The van der Waals surface area contributed by atoms with Crippen molar-refractivity contribution in [1.82, 2.24) is 19.4 Å². The third-order valence-corrected chi connectivity index (χ3v) is 7.08. The molecule has 1 atom stereocenters. The summed E-state index contributed by atoms with van der Waals surface area (Å²) in [6.45, 7) is 0.122. The first-order chi connectivity index (χ1) is 17.2. The van der Waals surface area contributed by atoms with Crippen LogP contribution >= 0.6 is 0 Å². The van der Waals surface area contributed by atoms with E-state index >= 15 is 0 Å². The van der Waals surface area contributed by atoms with Crippen molar-refractivity contribution >= 4 is 40.5 Å². The molecule has 1 aromatic heterocycles. The van der Waals surface area contributed by atoms with Gasteiger partial charge in [0.15, 0.2) is 0 Å². The Morgan fingerprint density at radius 2 is 1.72 bits per heavy atom. The van der Waals surface area contributed by atoms with E-state index in [1.54, 1.807) is 35.9 Å². The fourth-order valence-electron chi connectivity index (χ4n) is 5.17. The minimum atomic E-state index is -0.939. The molecule has 1 aliphatic carbocycles. The number of carbonyl (C=O) groups excluding carboxylic acids is 4. The normalized spacial score (nSPS) is 18.6. The number of likely N-dealkylation sites (N-methyl/N-ethyl adjacent to an activating group) is 1. The summed E-state index contributed by atoms with van der Waals surface area (Å²) < 4.78 is 2.95. The Balaban J connectivity index is 1.34. The highest BCUT2D eigenvalue weighted by Gasteiger charge is 2.54. The number of nitrogens with one attached hydrogen (secondary N) is 2. The molecule has 1 aliphatic heterocycles. The number of imidazole rings is 1. The number of nitrogens with zero attached hydrogens (tertiary/aromatic N) is 3. The zero-order valence-corrected chi connectivity index (χ0v) is 19.7. The van der Waals surface area contributed by atoms with Crippen molar-refractivity contribution in [3.8, 4) is 0 Å². The standard InChI is InChI=1S/C25H26N6O5/c1-29-23(35)28-22(34)25(29)12-15-8-9-17(11-16(15)13-25)27-21(33)14-31-19-6-3-2-5-18(19)30(24(31)36)10-4-7-20(26)32/h2-3,5-6,8-9,11H,4,7,10,12-14H2,1H3,(H2,26,32)(H,27,33)(H,28,34,35). The first kappa shape index (κ1) is 23.3. The smallest absolute Gasteiger partial charge is 0.329 e. The van der Waals surface area contributed by atoms with Crippen LogP contribution < -0.4 is 22.1 Å². The van der Waals surface area contributed by atoms with E-state index in [1.165, 1.54) is 9.47 Å². The number of anilines is 1. The van der Waals surface area contributed by atoms with Gasteiger partial charge in [0.25, 0.3) is 5.91 Å². The Labute approximate surface area is 205 Å². The topological polar surface area (TPSA) is 149 Å². The van der Waals surface area contributed by atoms with Crippen LogP contribution in [0.1, 0.15) is 24.0 Å². The molecule has 0 radical (unpaired) electrons. The maximum atomic E-state index is 13.1. The SMILES string of the molecule is CN1C(=O)NC(=O)C12Cc1ccc(NC(=O)Cn3c(=O)n(CCCC(N)=O)c4ccccc43)cc1C2. The molecule has 36 heavy (non-hydrogen) atoms. The van der Waals surface area contributed by atoms with Crippen molar-refractivity contribution in [2.24, 2.45) is 5.73 Å². The maximum absolute atomic E-state index is 13.1. The molecule has 11 nitrogen and oxygen atoms in total. The molecule has 5 amide bonds. The number of benzene rings is 2. The number of para-hydroxylation sites is 2. The van der Waals surface area contributed by atoms with Crippen molar-refractivity contribution < 1.29 is 19.2 Å². The van der Waals surface area contributed by atoms with Crippen LogP contribution in [0.25, 0.3) is 11.0 Å². The van der Waals surface area contributed by atoms with Gasteiger partial charge in [0.2, 0.25) is 11.8 Å². The Morgan fingerprint density at radius 3 is 2.39 bits per heavy atom. The Kier molecular flexibility index (Phi) is 5.62. The van der Waals surface area contributed by atoms with Crippen LogP contribution in [0.2, 0.25) is 0 Å². The molecule has 186 valence electrons. The summed E-state index contributed by atoms with van der Waals surface area (Å²) >= 11 is 0. The number of hydrogen-bond acceptors (Lipinski definition) is 5. The van der Waals surface area contributed by atoms with Gasteiger partial charge in [-0.05, 0) is 41.8 Å². The van der Waals surface area contributed by atoms with Crippen LogP contribution in [0.5, 0.6) is 0 Å². The number of aromatic nitrogens is 2. The molecule has 3 aromatic rings. The molecule has 2 heterocycles. The van der Waals surface area contributed by atoms with Crippen LogP contribution in [0.15, 0.2) is 47.3 Å². The molecular formula is C25H26N6O5. The maximum Gasteiger partial charge on any atom is 0.329 e. The van der Waals surface area contributed by atoms with E-state index in [0.29, 0.717) is 42.5 Å². The number of nitrogens with two attached hydrogens (primary N) is 1. The van der Waals surface area contributed by atoms with E-state index in [4.69, 9.17) is 5.73 Å². The average molecular weight is 491 g/mol. The first-order valence-electron chi connectivity index (χ1n) is 11.7. The third kappa shape index (κ3) is 3.82. The predicted molar refractivity (Wildman–Crippen MR) is 131 cm³/mol. The van der Waals surface area contributed by atoms with E-state index in [2.05, 4.69) is 10.6 Å². The van der Waals surface area contributed by atoms with Gasteiger partial charge < -0.3 is 16.0 Å². The lowest BCUT2D eigenvalue weighted by molar-refractivity contribution is -0.126. The van der Waals surface area contributed by atoms with Gasteiger partial charge in [-0.25, -0.2) is 9.59 Å². The van der Waals surface area contributed by atoms with E-state index < -0.39 is 17.5 Å². The summed E-state index contributed by atoms with van der Waals surface area (Å²) in [5, 5.41) is 5.21. The van der Waals surface area contributed by atoms with Crippen LogP contribution in [-0.2, 0) is 40.3 Å². The van der Waals surface area contributed by atoms with Gasteiger partial charge >= 0.3 is 11.7 Å². The Hall–Kier alpha value is -4.41. The molecule has 1 spiro atoms. The minimum absolute atomic E-state index is 0.164. The zero-order chi connectivity index (χ0) is 25.6. The summed E-state index contributed by atoms with van der Waals surface area (Å²) in [7, 11) is 1.61. The number of imide groups is 1. The lowest BCUT2D eigenvalue weighted by Gasteiger charge is -2.27. The van der Waals surface area contributed by atoms with Gasteiger partial charge in [-0.1, -0.05) is 18.2 Å². The largest absolute Gasteiger partial charge is 0.370 e. The van der Waals surface area contributed by atoms with Gasteiger partial charge in [0.05, 0.1) is 11.0 Å². The number of amides is 5. The summed E-state index contributed by atoms with van der Waals surface area (Å²) in [6.07, 6.45) is 1.36. The van der Waals surface area contributed by atoms with Crippen molar-refractivity contribution in [1.29, 1.82) is 0 Å². The van der Waals surface area contributed by atoms with Crippen molar-refractivity contribution in [2.75, 3.05) is 12.4 Å². The number of aryl methyl sites for hydroxylation is 1. The monoisotopic (exact) mass is 490 g/mol. The average Bonchev–Trinajstić information content (AvgIpc) is 3.41. The number of primary amides is 1. The van der Waals surface area contributed by atoms with Crippen molar-refractivity contribution in [2.45, 2.75) is 44.3 Å². The molecule has 2 aliphatic rings. The predicted octanol–water partition coefficient (Wildman–Crippen LogP) is 0.726. The van der Waals surface area contributed by atoms with Gasteiger partial charge in [-0.3, -0.25) is 28.8 Å². The summed E-state index contributed by atoms with van der Waals surface area (Å²) in [4.78, 5) is 63.0. The second-order valence-corrected chi connectivity index (χ2v) is 9.31. The highest BCUT2D eigenvalue weighted by Crippen LogP contribution is 2.38. The van der Waals surface area contributed by atoms with Gasteiger partial charge in [-0.15, -0.1) is 0 Å². The molecule has 0 saturated carbocycles. The Bertz CT molecular complexity index is 1490. The molecule has 0 bridgehead atoms. The molecular weight excluding hydrogens is 464 g/mol. The van der Waals surface area contributed by atoms with Gasteiger partial charge in [0.1, 0.15) is 12.1 Å². The molecule has 1 fully saturated rings. The molecule has 2 aromatic carbocycles.